The zero-order valence-corrected chi connectivity index (χ0v) is 19.2. The normalized spacial score (nSPS) is 24.4. The third-order valence-corrected chi connectivity index (χ3v) is 8.03. The number of nitrogens with zero attached hydrogens (tertiary/aromatic N) is 2. The van der Waals surface area contributed by atoms with Crippen LogP contribution in [-0.2, 0) is 19.4 Å². The monoisotopic (exact) mass is 444 g/mol. The van der Waals surface area contributed by atoms with E-state index in [2.05, 4.69) is 16.8 Å². The number of phenolic OH excluding ortho intramolecular Hbond substituents is 1. The smallest absolute Gasteiger partial charge is 0.339 e. The van der Waals surface area contributed by atoms with Gasteiger partial charge in [-0.15, -0.1) is 0 Å². The van der Waals surface area contributed by atoms with E-state index in [0.717, 1.165) is 48.7 Å². The number of rotatable bonds is 4. The summed E-state index contributed by atoms with van der Waals surface area (Å²) in [5.41, 5.74) is 2.76. The molecule has 2 aromatic rings. The first-order valence-electron chi connectivity index (χ1n) is 11.9. The molecule has 5 nitrogen and oxygen atoms in total. The van der Waals surface area contributed by atoms with Gasteiger partial charge < -0.3 is 19.3 Å². The van der Waals surface area contributed by atoms with E-state index < -0.39 is 0 Å². The molecular weight excluding hydrogens is 412 g/mol. The number of aromatic hydroxyl groups is 1. The fraction of sp³-hybridized carbons (Fsp3) is 0.640. The van der Waals surface area contributed by atoms with Crippen LogP contribution in [0.15, 0.2) is 15.3 Å². The Kier molecular flexibility index (Phi) is 6.02. The molecular formula is C25H33ClN2O3. The second-order valence-corrected chi connectivity index (χ2v) is 10.2. The van der Waals surface area contributed by atoms with Gasteiger partial charge >= 0.3 is 5.63 Å². The summed E-state index contributed by atoms with van der Waals surface area (Å²) in [5, 5.41) is 12.0. The van der Waals surface area contributed by atoms with Crippen LogP contribution < -0.4 is 5.63 Å². The van der Waals surface area contributed by atoms with Crippen molar-refractivity contribution in [3.8, 4) is 5.75 Å². The lowest BCUT2D eigenvalue weighted by Gasteiger charge is -2.45. The molecule has 5 rings (SSSR count). The summed E-state index contributed by atoms with van der Waals surface area (Å²) in [6, 6.07) is 2.46. The van der Waals surface area contributed by atoms with E-state index in [1.54, 1.807) is 6.07 Å². The van der Waals surface area contributed by atoms with Gasteiger partial charge in [0.05, 0.1) is 10.6 Å². The van der Waals surface area contributed by atoms with Crippen LogP contribution in [0.1, 0.15) is 61.6 Å². The molecule has 3 aliphatic rings. The van der Waals surface area contributed by atoms with Gasteiger partial charge in [0.2, 0.25) is 0 Å². The van der Waals surface area contributed by atoms with Crippen molar-refractivity contribution in [2.75, 3.05) is 26.7 Å². The summed E-state index contributed by atoms with van der Waals surface area (Å²) in [4.78, 5) is 17.6. The molecule has 6 heteroatoms. The first kappa shape index (κ1) is 21.3. The standard InChI is InChI=1S/C25H33ClN2O3/c1-27(14-16-7-6-12-28-11-5-4-10-22(16)28)15-20-23(29)21(26)13-19-17-8-2-3-9-18(17)25(30)31-24(19)20/h13,16,22,29H,2-12,14-15H2,1H3/t16-,22+/m0/s1. The maximum atomic E-state index is 12.7. The highest BCUT2D eigenvalue weighted by Crippen LogP contribution is 2.39. The minimum absolute atomic E-state index is 0.0443. The van der Waals surface area contributed by atoms with E-state index in [1.165, 1.54) is 45.2 Å². The molecule has 2 atom stereocenters. The van der Waals surface area contributed by atoms with Crippen molar-refractivity contribution in [1.29, 1.82) is 0 Å². The minimum Gasteiger partial charge on any atom is -0.506 e. The predicted octanol–water partition coefficient (Wildman–Crippen LogP) is 4.73. The Morgan fingerprint density at radius 2 is 1.90 bits per heavy atom. The van der Waals surface area contributed by atoms with Crippen molar-refractivity contribution in [3.63, 3.8) is 0 Å². The molecule has 1 aliphatic carbocycles. The van der Waals surface area contributed by atoms with Crippen LogP contribution in [0.4, 0.5) is 0 Å². The molecule has 0 amide bonds. The van der Waals surface area contributed by atoms with Crippen molar-refractivity contribution in [3.05, 3.63) is 38.2 Å². The summed E-state index contributed by atoms with van der Waals surface area (Å²) in [6.07, 6.45) is 10.2. The van der Waals surface area contributed by atoms with Crippen molar-refractivity contribution in [2.45, 2.75) is 70.4 Å². The fourth-order valence-corrected chi connectivity index (χ4v) is 6.49. The molecule has 3 heterocycles. The summed E-state index contributed by atoms with van der Waals surface area (Å²) < 4.78 is 5.79. The lowest BCUT2D eigenvalue weighted by molar-refractivity contribution is 0.0434. The largest absolute Gasteiger partial charge is 0.506 e. The Labute approximate surface area is 189 Å². The molecule has 0 unspecified atom stereocenters. The van der Waals surface area contributed by atoms with Gasteiger partial charge in [-0.05, 0) is 89.1 Å². The number of aryl methyl sites for hydroxylation is 1. The van der Waals surface area contributed by atoms with Gasteiger partial charge in [-0.2, -0.15) is 0 Å². The molecule has 1 aromatic carbocycles. The molecule has 2 aliphatic heterocycles. The molecule has 2 fully saturated rings. The van der Waals surface area contributed by atoms with Gasteiger partial charge in [0.25, 0.3) is 0 Å². The van der Waals surface area contributed by atoms with Gasteiger partial charge in [0.1, 0.15) is 11.3 Å². The molecule has 0 radical (unpaired) electrons. The quantitative estimate of drug-likeness (QED) is 0.691. The second kappa shape index (κ2) is 8.76. The lowest BCUT2D eigenvalue weighted by atomic mass is 9.83. The Morgan fingerprint density at radius 3 is 2.74 bits per heavy atom. The number of piperidine rings is 2. The zero-order chi connectivity index (χ0) is 21.5. The number of hydrogen-bond donors (Lipinski definition) is 1. The first-order chi connectivity index (χ1) is 15.0. The maximum absolute atomic E-state index is 12.7. The summed E-state index contributed by atoms with van der Waals surface area (Å²) in [6.45, 7) is 3.97. The van der Waals surface area contributed by atoms with Gasteiger partial charge in [0, 0.05) is 30.1 Å². The molecule has 1 aromatic heterocycles. The van der Waals surface area contributed by atoms with Gasteiger partial charge in [-0.3, -0.25) is 0 Å². The van der Waals surface area contributed by atoms with E-state index >= 15 is 0 Å². The van der Waals surface area contributed by atoms with Gasteiger partial charge in [0.15, 0.2) is 0 Å². The van der Waals surface area contributed by atoms with Crippen molar-refractivity contribution in [1.82, 2.24) is 9.80 Å². The summed E-state index contributed by atoms with van der Waals surface area (Å²) in [5.74, 6) is 0.689. The van der Waals surface area contributed by atoms with Crippen LogP contribution in [0.3, 0.4) is 0 Å². The summed E-state index contributed by atoms with van der Waals surface area (Å²) in [7, 11) is 2.10. The predicted molar refractivity (Wildman–Crippen MR) is 124 cm³/mol. The number of halogens is 1. The number of phenols is 1. The molecule has 2 saturated heterocycles. The Hall–Kier alpha value is -1.56. The third-order valence-electron chi connectivity index (χ3n) is 7.74. The highest BCUT2D eigenvalue weighted by atomic mass is 35.5. The molecule has 31 heavy (non-hydrogen) atoms. The van der Waals surface area contributed by atoms with Gasteiger partial charge in [-0.1, -0.05) is 18.0 Å². The average molecular weight is 445 g/mol. The first-order valence-corrected chi connectivity index (χ1v) is 12.3. The average Bonchev–Trinajstić information content (AvgIpc) is 2.78. The van der Waals surface area contributed by atoms with E-state index in [1.807, 2.05) is 0 Å². The van der Waals surface area contributed by atoms with Crippen LogP contribution in [0.5, 0.6) is 5.75 Å². The Balaban J connectivity index is 1.45. The van der Waals surface area contributed by atoms with Crippen LogP contribution in [0.25, 0.3) is 11.0 Å². The molecule has 0 saturated carbocycles. The van der Waals surface area contributed by atoms with E-state index in [9.17, 15) is 9.90 Å². The molecule has 1 N–H and O–H groups in total. The number of fused-ring (bicyclic) bond motifs is 4. The molecule has 0 bridgehead atoms. The van der Waals surface area contributed by atoms with Crippen molar-refractivity contribution in [2.24, 2.45) is 5.92 Å². The van der Waals surface area contributed by atoms with Crippen LogP contribution in [0.2, 0.25) is 5.02 Å². The highest BCUT2D eigenvalue weighted by Gasteiger charge is 2.33. The fourth-order valence-electron chi connectivity index (χ4n) is 6.27. The van der Waals surface area contributed by atoms with E-state index in [4.69, 9.17) is 16.0 Å². The van der Waals surface area contributed by atoms with Gasteiger partial charge in [-0.25, -0.2) is 4.79 Å². The second-order valence-electron chi connectivity index (χ2n) is 9.81. The summed E-state index contributed by atoms with van der Waals surface area (Å²) >= 11 is 6.45. The lowest BCUT2D eigenvalue weighted by Crippen LogP contribution is -2.50. The molecule has 168 valence electrons. The number of benzene rings is 1. The topological polar surface area (TPSA) is 56.9 Å². The van der Waals surface area contributed by atoms with E-state index in [0.29, 0.717) is 34.7 Å². The van der Waals surface area contributed by atoms with E-state index in [-0.39, 0.29) is 11.4 Å². The maximum Gasteiger partial charge on any atom is 0.339 e. The third kappa shape index (κ3) is 4.01. The van der Waals surface area contributed by atoms with Crippen LogP contribution >= 0.6 is 11.6 Å². The Bertz CT molecular complexity index is 1030. The number of hydrogen-bond acceptors (Lipinski definition) is 5. The minimum atomic E-state index is -0.252. The van der Waals surface area contributed by atoms with Crippen molar-refractivity contribution >= 4 is 22.6 Å². The SMILES string of the molecule is CN(Cc1c(O)c(Cl)cc2c3c(c(=O)oc12)CCCC3)C[C@@H]1CCCN2CCCC[C@H]12. The Morgan fingerprint density at radius 1 is 1.13 bits per heavy atom. The van der Waals surface area contributed by atoms with Crippen LogP contribution in [-0.4, -0.2) is 47.6 Å². The molecule has 0 spiro atoms. The van der Waals surface area contributed by atoms with Crippen molar-refractivity contribution < 1.29 is 9.52 Å². The zero-order valence-electron chi connectivity index (χ0n) is 18.5. The van der Waals surface area contributed by atoms with Crippen LogP contribution in [0, 0.1) is 5.92 Å². The highest BCUT2D eigenvalue weighted by molar-refractivity contribution is 6.33.